The lowest BCUT2D eigenvalue weighted by molar-refractivity contribution is -0.139. The van der Waals surface area contributed by atoms with E-state index in [0.717, 1.165) is 17.4 Å². The van der Waals surface area contributed by atoms with Gasteiger partial charge in [-0.1, -0.05) is 31.2 Å². The number of halogens is 3. The number of amides is 1. The van der Waals surface area contributed by atoms with E-state index in [2.05, 4.69) is 9.97 Å². The number of anilines is 2. The van der Waals surface area contributed by atoms with Crippen LogP contribution in [0.3, 0.4) is 0 Å². The zero-order valence-electron chi connectivity index (χ0n) is 35.1. The van der Waals surface area contributed by atoms with Crippen molar-refractivity contribution in [2.75, 3.05) is 57.0 Å². The number of hydrogen-bond acceptors (Lipinski definition) is 11. The van der Waals surface area contributed by atoms with Gasteiger partial charge in [-0.3, -0.25) is 0 Å². The summed E-state index contributed by atoms with van der Waals surface area (Å²) in [6.45, 7) is 10.8. The van der Waals surface area contributed by atoms with E-state index in [1.54, 1.807) is 46.9 Å². The maximum Gasteiger partial charge on any atom is 0.418 e. The minimum atomic E-state index is -4.72. The van der Waals surface area contributed by atoms with Crippen LogP contribution >= 0.6 is 0 Å². The zero-order valence-corrected chi connectivity index (χ0v) is 35.9. The highest BCUT2D eigenvalue weighted by Crippen LogP contribution is 2.45. The summed E-state index contributed by atoms with van der Waals surface area (Å²) in [5.41, 5.74) is 1.37. The van der Waals surface area contributed by atoms with Crippen LogP contribution in [0.1, 0.15) is 72.8 Å². The number of hydrogen-bond donors (Lipinski definition) is 0. The van der Waals surface area contributed by atoms with E-state index >= 15 is 13.2 Å². The third-order valence-electron chi connectivity index (χ3n) is 10.8. The number of aromatic nitrogens is 3. The molecule has 2 aromatic carbocycles. The van der Waals surface area contributed by atoms with Crippen LogP contribution in [0.15, 0.2) is 59.8 Å². The maximum atomic E-state index is 15.1. The molecule has 2 unspecified atom stereocenters. The molecule has 0 saturated carbocycles. The number of nitrogens with zero attached hydrogens (tertiary/aromatic N) is 6. The molecule has 4 aromatic rings. The van der Waals surface area contributed by atoms with Gasteiger partial charge < -0.3 is 28.9 Å². The Kier molecular flexibility index (Phi) is 12.4. The van der Waals surface area contributed by atoms with Crippen molar-refractivity contribution >= 4 is 27.6 Å². The third-order valence-corrected chi connectivity index (χ3v) is 11.6. The summed E-state index contributed by atoms with van der Waals surface area (Å²) in [4.78, 5) is 31.9. The highest BCUT2D eigenvalue weighted by Gasteiger charge is 2.43. The van der Waals surface area contributed by atoms with Crippen molar-refractivity contribution in [3.63, 3.8) is 0 Å². The first-order valence-electron chi connectivity index (χ1n) is 19.5. The largest absolute Gasteiger partial charge is 0.497 e. The Morgan fingerprint density at radius 3 is 1.95 bits per heavy atom. The van der Waals surface area contributed by atoms with Crippen molar-refractivity contribution in [3.05, 3.63) is 93.8 Å². The predicted molar refractivity (Wildman–Crippen MR) is 219 cm³/mol. The molecule has 2 aliphatic rings. The Balaban J connectivity index is 1.37. The van der Waals surface area contributed by atoms with Crippen LogP contribution in [0.25, 0.3) is 0 Å². The Morgan fingerprint density at radius 2 is 1.46 bits per heavy atom. The molecule has 0 N–H and O–H groups in total. The fourth-order valence-corrected chi connectivity index (χ4v) is 8.36. The van der Waals surface area contributed by atoms with Crippen LogP contribution in [0.2, 0.25) is 0 Å². The molecule has 16 heteroatoms. The summed E-state index contributed by atoms with van der Waals surface area (Å²) >= 11 is 0. The molecule has 2 aromatic heterocycles. The standard InChI is InChI=1S/C43H53F3N6O6S/c1-26-18-34-35(47-40(59(9,54)55)49-39(34)50(6)21-30-24-52(25-30)41(53)58-42(3,4)5)20-33(26)38-37(43(44,45)46)27(2)19-36(48-38)51(22-28-10-14-31(56-7)15-11-28)23-29-12-16-32(57-8)17-13-29/h10-17,19,26,30,33H,18,20-25H2,1-9H3. The van der Waals surface area contributed by atoms with Crippen LogP contribution in [0, 0.1) is 18.8 Å². The van der Waals surface area contributed by atoms with Gasteiger partial charge >= 0.3 is 12.3 Å². The van der Waals surface area contributed by atoms with Gasteiger partial charge in [0.1, 0.15) is 28.7 Å². The van der Waals surface area contributed by atoms with E-state index in [9.17, 15) is 13.2 Å². The highest BCUT2D eigenvalue weighted by atomic mass is 32.2. The topological polar surface area (TPSA) is 127 Å². The van der Waals surface area contributed by atoms with Crippen molar-refractivity contribution in [2.24, 2.45) is 11.8 Å². The van der Waals surface area contributed by atoms with Gasteiger partial charge in [-0.05, 0) is 93.5 Å². The quantitative estimate of drug-likeness (QED) is 0.131. The van der Waals surface area contributed by atoms with Gasteiger partial charge in [-0.25, -0.2) is 28.2 Å². The monoisotopic (exact) mass is 838 g/mol. The molecule has 1 aliphatic carbocycles. The number of sulfone groups is 1. The molecule has 0 spiro atoms. The number of rotatable bonds is 12. The fourth-order valence-electron chi connectivity index (χ4n) is 7.83. The SMILES string of the molecule is COc1ccc(CN(Cc2ccc(OC)cc2)c2cc(C)c(C(F)(F)F)c(C3Cc4nc(S(C)(=O)=O)nc(N(C)CC5CN(C(=O)OC(C)(C)C)C5)c4CC3C)n2)cc1. The predicted octanol–water partition coefficient (Wildman–Crippen LogP) is 7.65. The lowest BCUT2D eigenvalue weighted by atomic mass is 9.75. The minimum absolute atomic E-state index is 0.0220. The van der Waals surface area contributed by atoms with Crippen molar-refractivity contribution < 1.29 is 40.6 Å². The Morgan fingerprint density at radius 1 is 0.898 bits per heavy atom. The number of fused-ring (bicyclic) bond motifs is 1. The number of pyridine rings is 1. The smallest absolute Gasteiger partial charge is 0.418 e. The second kappa shape index (κ2) is 16.9. The minimum Gasteiger partial charge on any atom is -0.497 e. The van der Waals surface area contributed by atoms with Crippen LogP contribution in [0.4, 0.5) is 29.6 Å². The highest BCUT2D eigenvalue weighted by molar-refractivity contribution is 7.90. The number of methoxy groups -OCH3 is 2. The third kappa shape index (κ3) is 10.2. The molecule has 318 valence electrons. The van der Waals surface area contributed by atoms with Crippen LogP contribution in [-0.4, -0.2) is 87.1 Å². The zero-order chi connectivity index (χ0) is 43.0. The average Bonchev–Trinajstić information content (AvgIpc) is 3.13. The van der Waals surface area contributed by atoms with Crippen molar-refractivity contribution in [1.82, 2.24) is 19.9 Å². The molecule has 6 rings (SSSR count). The molecule has 0 radical (unpaired) electrons. The van der Waals surface area contributed by atoms with Crippen molar-refractivity contribution in [3.8, 4) is 11.5 Å². The van der Waals surface area contributed by atoms with Gasteiger partial charge in [0.05, 0.1) is 31.2 Å². The summed E-state index contributed by atoms with van der Waals surface area (Å²) in [6.07, 6.45) is -3.78. The molecule has 1 amide bonds. The number of alkyl halides is 3. The lowest BCUT2D eigenvalue weighted by Crippen LogP contribution is -2.54. The lowest BCUT2D eigenvalue weighted by Gasteiger charge is -2.42. The second-order valence-electron chi connectivity index (χ2n) is 16.8. The van der Waals surface area contributed by atoms with Gasteiger partial charge in [0.15, 0.2) is 0 Å². The number of aryl methyl sites for hydroxylation is 1. The van der Waals surface area contributed by atoms with Gasteiger partial charge in [-0.15, -0.1) is 0 Å². The Hall–Kier alpha value is -5.12. The first-order chi connectivity index (χ1) is 27.6. The Bertz CT molecular complexity index is 2210. The van der Waals surface area contributed by atoms with E-state index in [1.807, 2.05) is 65.3 Å². The van der Waals surface area contributed by atoms with Crippen molar-refractivity contribution in [1.29, 1.82) is 0 Å². The molecular formula is C43H53F3N6O6S. The Labute approximate surface area is 344 Å². The van der Waals surface area contributed by atoms with Crippen LogP contribution in [-0.2, 0) is 46.7 Å². The second-order valence-corrected chi connectivity index (χ2v) is 18.7. The van der Waals surface area contributed by atoms with Gasteiger partial charge in [0.25, 0.3) is 0 Å². The van der Waals surface area contributed by atoms with E-state index in [4.69, 9.17) is 19.2 Å². The first-order valence-corrected chi connectivity index (χ1v) is 21.4. The van der Waals surface area contributed by atoms with Crippen LogP contribution < -0.4 is 19.3 Å². The molecule has 3 heterocycles. The van der Waals surface area contributed by atoms with E-state index in [0.29, 0.717) is 73.5 Å². The molecule has 2 atom stereocenters. The number of benzene rings is 2. The summed E-state index contributed by atoms with van der Waals surface area (Å²) in [5.74, 6) is 1.10. The molecule has 1 aliphatic heterocycles. The van der Waals surface area contributed by atoms with Crippen molar-refractivity contribution in [2.45, 2.75) is 83.4 Å². The normalized spacial score (nSPS) is 17.2. The summed E-state index contributed by atoms with van der Waals surface area (Å²) in [7, 11) is 1.06. The van der Waals surface area contributed by atoms with Gasteiger partial charge in [-0.2, -0.15) is 13.2 Å². The molecule has 59 heavy (non-hydrogen) atoms. The van der Waals surface area contributed by atoms with E-state index in [-0.39, 0.29) is 29.5 Å². The maximum absolute atomic E-state index is 15.1. The van der Waals surface area contributed by atoms with Crippen LogP contribution in [0.5, 0.6) is 11.5 Å². The van der Waals surface area contributed by atoms with E-state index in [1.165, 1.54) is 13.0 Å². The summed E-state index contributed by atoms with van der Waals surface area (Å²) in [6, 6.07) is 16.5. The molecule has 12 nitrogen and oxygen atoms in total. The summed E-state index contributed by atoms with van der Waals surface area (Å²) < 4.78 is 87.6. The molecule has 0 bridgehead atoms. The molecule has 1 saturated heterocycles. The first kappa shape index (κ1) is 43.5. The van der Waals surface area contributed by atoms with Gasteiger partial charge in [0.2, 0.25) is 15.0 Å². The molecular weight excluding hydrogens is 786 g/mol. The number of likely N-dealkylation sites (tertiary alicyclic amines) is 1. The number of carbonyl (C=O) groups is 1. The number of carbonyl (C=O) groups excluding carboxylic acids is 1. The fraction of sp³-hybridized carbons (Fsp3) is 0.488. The molecule has 1 fully saturated rings. The van der Waals surface area contributed by atoms with E-state index < -0.39 is 44.3 Å². The average molecular weight is 839 g/mol. The van der Waals surface area contributed by atoms with Gasteiger partial charge in [0, 0.05) is 63.4 Å². The summed E-state index contributed by atoms with van der Waals surface area (Å²) in [5, 5.41) is -0.394. The number of ether oxygens (including phenoxy) is 3.